The second-order valence-corrected chi connectivity index (χ2v) is 8.46. The summed E-state index contributed by atoms with van der Waals surface area (Å²) in [6.45, 7) is 0.961. The molecule has 1 N–H and O–H groups in total. The molecular weight excluding hydrogens is 322 g/mol. The monoisotopic (exact) mass is 357 g/mol. The van der Waals surface area contributed by atoms with E-state index in [1.807, 2.05) is 12.1 Å². The van der Waals surface area contributed by atoms with Crippen LogP contribution in [0, 0.1) is 11.8 Å². The average Bonchev–Trinajstić information content (AvgIpc) is 3.13. The first-order valence-corrected chi connectivity index (χ1v) is 10.3. The first-order chi connectivity index (χ1) is 12.5. The number of rotatable bonds is 5. The van der Waals surface area contributed by atoms with Crippen LogP contribution in [-0.4, -0.2) is 43.4 Å². The lowest BCUT2D eigenvalue weighted by Gasteiger charge is -2.43. The van der Waals surface area contributed by atoms with E-state index in [0.29, 0.717) is 11.8 Å². The zero-order valence-electron chi connectivity index (χ0n) is 16.7. The summed E-state index contributed by atoms with van der Waals surface area (Å²) in [4.78, 5) is 2.25. The van der Waals surface area contributed by atoms with Crippen molar-refractivity contribution in [3.63, 3.8) is 0 Å². The zero-order chi connectivity index (χ0) is 18.6. The summed E-state index contributed by atoms with van der Waals surface area (Å²) >= 11 is 0. The Morgan fingerprint density at radius 3 is 2.58 bits per heavy atom. The highest BCUT2D eigenvalue weighted by Gasteiger charge is 2.47. The topological polar surface area (TPSA) is 32.7 Å². The van der Waals surface area contributed by atoms with Crippen LogP contribution in [0.2, 0.25) is 0 Å². The average molecular weight is 358 g/mol. The van der Waals surface area contributed by atoms with Crippen molar-refractivity contribution < 1.29 is 9.84 Å². The Morgan fingerprint density at radius 2 is 1.88 bits per heavy atom. The molecule has 0 amide bonds. The number of benzene rings is 1. The maximum Gasteiger partial charge on any atom is 0.119 e. The second-order valence-electron chi connectivity index (χ2n) is 8.46. The van der Waals surface area contributed by atoms with Crippen molar-refractivity contribution in [2.75, 3.05) is 27.7 Å². The number of ether oxygens (including phenoxy) is 1. The Labute approximate surface area is 159 Å². The van der Waals surface area contributed by atoms with Gasteiger partial charge in [-0.3, -0.25) is 0 Å². The van der Waals surface area contributed by atoms with Gasteiger partial charge >= 0.3 is 0 Å². The summed E-state index contributed by atoms with van der Waals surface area (Å²) in [6, 6.07) is 8.21. The molecule has 0 saturated heterocycles. The van der Waals surface area contributed by atoms with E-state index in [-0.39, 0.29) is 0 Å². The Bertz CT molecular complexity index is 618. The predicted molar refractivity (Wildman–Crippen MR) is 108 cm³/mol. The Morgan fingerprint density at radius 1 is 1.15 bits per heavy atom. The van der Waals surface area contributed by atoms with E-state index >= 15 is 0 Å². The maximum atomic E-state index is 12.2. The Kier molecular flexibility index (Phi) is 6.42. The standard InChI is InChI=1S/C23H35NO2/c1-24(2)17-21-13-7-6-12-20(23(21,25)19-10-4-5-11-19)15-18-9-8-14-22(16-18)26-3/h8-9,14-16,19,21,25H,4-7,10-13,17H2,1-3H3. The molecule has 0 bridgehead atoms. The summed E-state index contributed by atoms with van der Waals surface area (Å²) in [5, 5.41) is 12.2. The molecule has 3 rings (SSSR count). The molecule has 3 nitrogen and oxygen atoms in total. The van der Waals surface area contributed by atoms with E-state index in [2.05, 4.69) is 37.2 Å². The summed E-state index contributed by atoms with van der Waals surface area (Å²) < 4.78 is 5.40. The molecule has 2 unspecified atom stereocenters. The molecular formula is C23H35NO2. The van der Waals surface area contributed by atoms with Crippen LogP contribution >= 0.6 is 0 Å². The molecule has 3 heteroatoms. The molecule has 2 aliphatic carbocycles. The molecule has 2 aliphatic rings. The molecule has 1 aromatic rings. The third-order valence-corrected chi connectivity index (χ3v) is 6.38. The molecule has 1 aromatic carbocycles. The van der Waals surface area contributed by atoms with Gasteiger partial charge < -0.3 is 14.7 Å². The molecule has 2 saturated carbocycles. The highest BCUT2D eigenvalue weighted by Crippen LogP contribution is 2.48. The Hall–Kier alpha value is -1.32. The van der Waals surface area contributed by atoms with E-state index in [1.54, 1.807) is 7.11 Å². The molecule has 2 atom stereocenters. The molecule has 0 aliphatic heterocycles. The molecule has 0 radical (unpaired) electrons. The van der Waals surface area contributed by atoms with Gasteiger partial charge in [-0.25, -0.2) is 0 Å². The third-order valence-electron chi connectivity index (χ3n) is 6.38. The molecule has 2 fully saturated rings. The third kappa shape index (κ3) is 4.15. The zero-order valence-corrected chi connectivity index (χ0v) is 16.7. The van der Waals surface area contributed by atoms with Crippen LogP contribution in [0.25, 0.3) is 6.08 Å². The number of hydrogen-bond acceptors (Lipinski definition) is 3. The van der Waals surface area contributed by atoms with Crippen LogP contribution in [0.4, 0.5) is 0 Å². The van der Waals surface area contributed by atoms with E-state index in [1.165, 1.54) is 31.3 Å². The van der Waals surface area contributed by atoms with Crippen molar-refractivity contribution in [2.45, 2.75) is 57.0 Å². The van der Waals surface area contributed by atoms with Crippen LogP contribution in [0.5, 0.6) is 5.75 Å². The van der Waals surface area contributed by atoms with Crippen molar-refractivity contribution in [3.05, 3.63) is 35.4 Å². The van der Waals surface area contributed by atoms with Gasteiger partial charge in [-0.05, 0) is 75.4 Å². The predicted octanol–water partition coefficient (Wildman–Crippen LogP) is 4.75. The molecule has 0 spiro atoms. The van der Waals surface area contributed by atoms with Gasteiger partial charge in [0.25, 0.3) is 0 Å². The fourth-order valence-electron chi connectivity index (χ4n) is 5.14. The van der Waals surface area contributed by atoms with Gasteiger partial charge in [0.15, 0.2) is 0 Å². The van der Waals surface area contributed by atoms with Crippen molar-refractivity contribution in [1.82, 2.24) is 4.90 Å². The lowest BCUT2D eigenvalue weighted by atomic mass is 9.69. The van der Waals surface area contributed by atoms with Crippen molar-refractivity contribution >= 4 is 6.08 Å². The minimum Gasteiger partial charge on any atom is -0.497 e. The van der Waals surface area contributed by atoms with Crippen LogP contribution < -0.4 is 4.74 Å². The number of aliphatic hydroxyl groups is 1. The van der Waals surface area contributed by atoms with Crippen LogP contribution in [0.1, 0.15) is 56.9 Å². The number of nitrogens with zero attached hydrogens (tertiary/aromatic N) is 1. The van der Waals surface area contributed by atoms with Crippen molar-refractivity contribution in [1.29, 1.82) is 0 Å². The van der Waals surface area contributed by atoms with Gasteiger partial charge in [0, 0.05) is 12.5 Å². The van der Waals surface area contributed by atoms with Gasteiger partial charge in [-0.15, -0.1) is 0 Å². The number of methoxy groups -OCH3 is 1. The molecule has 144 valence electrons. The Balaban J connectivity index is 2.01. The van der Waals surface area contributed by atoms with E-state index in [4.69, 9.17) is 4.74 Å². The van der Waals surface area contributed by atoms with Gasteiger partial charge in [0.05, 0.1) is 12.7 Å². The lowest BCUT2D eigenvalue weighted by Crippen LogP contribution is -2.49. The van der Waals surface area contributed by atoms with Gasteiger partial charge in [-0.2, -0.15) is 0 Å². The van der Waals surface area contributed by atoms with Crippen molar-refractivity contribution in [2.24, 2.45) is 11.8 Å². The highest BCUT2D eigenvalue weighted by molar-refractivity contribution is 5.57. The van der Waals surface area contributed by atoms with Crippen LogP contribution in [0.3, 0.4) is 0 Å². The smallest absolute Gasteiger partial charge is 0.119 e. The van der Waals surface area contributed by atoms with E-state index in [0.717, 1.165) is 43.5 Å². The molecule has 26 heavy (non-hydrogen) atoms. The second kappa shape index (κ2) is 8.58. The summed E-state index contributed by atoms with van der Waals surface area (Å²) in [7, 11) is 5.97. The van der Waals surface area contributed by atoms with Gasteiger partial charge in [0.2, 0.25) is 0 Å². The quantitative estimate of drug-likeness (QED) is 0.772. The number of hydrogen-bond donors (Lipinski definition) is 1. The molecule has 0 aromatic heterocycles. The van der Waals surface area contributed by atoms with E-state index in [9.17, 15) is 5.11 Å². The van der Waals surface area contributed by atoms with Gasteiger partial charge in [0.1, 0.15) is 5.75 Å². The van der Waals surface area contributed by atoms with Crippen LogP contribution in [-0.2, 0) is 0 Å². The minimum atomic E-state index is -0.666. The van der Waals surface area contributed by atoms with Crippen LogP contribution in [0.15, 0.2) is 29.8 Å². The SMILES string of the molecule is COc1cccc(C=C2CCCCC(CN(C)C)C2(O)C2CCCC2)c1. The summed E-state index contributed by atoms with van der Waals surface area (Å²) in [5.41, 5.74) is 1.73. The highest BCUT2D eigenvalue weighted by atomic mass is 16.5. The van der Waals surface area contributed by atoms with E-state index < -0.39 is 5.60 Å². The first kappa shape index (κ1) is 19.4. The first-order valence-electron chi connectivity index (χ1n) is 10.3. The fraction of sp³-hybridized carbons (Fsp3) is 0.652. The minimum absolute atomic E-state index is 0.319. The molecule has 0 heterocycles. The van der Waals surface area contributed by atoms with Gasteiger partial charge in [-0.1, -0.05) is 37.5 Å². The normalized spacial score (nSPS) is 29.3. The largest absolute Gasteiger partial charge is 0.497 e. The van der Waals surface area contributed by atoms with Crippen molar-refractivity contribution in [3.8, 4) is 5.75 Å². The lowest BCUT2D eigenvalue weighted by molar-refractivity contribution is -0.0432. The summed E-state index contributed by atoms with van der Waals surface area (Å²) in [5.74, 6) is 1.60. The summed E-state index contributed by atoms with van der Waals surface area (Å²) in [6.07, 6.45) is 11.6. The maximum absolute atomic E-state index is 12.2. The fourth-order valence-corrected chi connectivity index (χ4v) is 5.14.